The second-order valence-corrected chi connectivity index (χ2v) is 4.30. The standard InChI is InChI=1S/C9H17BrN2O2/c1-4-11-8(13)6-12(5-2)9(14)7(3)10/h7H,4-6H2,1-3H3,(H,11,13). The van der Waals surface area contributed by atoms with E-state index in [2.05, 4.69) is 21.2 Å². The van der Waals surface area contributed by atoms with Crippen LogP contribution in [-0.4, -0.2) is 41.2 Å². The van der Waals surface area contributed by atoms with Gasteiger partial charge in [-0.3, -0.25) is 9.59 Å². The summed E-state index contributed by atoms with van der Waals surface area (Å²) in [6, 6.07) is 0. The van der Waals surface area contributed by atoms with E-state index >= 15 is 0 Å². The van der Waals surface area contributed by atoms with Crippen LogP contribution in [0.3, 0.4) is 0 Å². The number of nitrogens with one attached hydrogen (secondary N) is 1. The number of nitrogens with zero attached hydrogens (tertiary/aromatic N) is 1. The van der Waals surface area contributed by atoms with E-state index in [4.69, 9.17) is 0 Å². The molecule has 1 unspecified atom stereocenters. The SMILES string of the molecule is CCNC(=O)CN(CC)C(=O)C(C)Br. The molecular weight excluding hydrogens is 248 g/mol. The van der Waals surface area contributed by atoms with Crippen LogP contribution in [0, 0.1) is 0 Å². The van der Waals surface area contributed by atoms with E-state index in [0.717, 1.165) is 0 Å². The van der Waals surface area contributed by atoms with Crippen LogP contribution in [-0.2, 0) is 9.59 Å². The second-order valence-electron chi connectivity index (χ2n) is 2.92. The normalized spacial score (nSPS) is 12.0. The largest absolute Gasteiger partial charge is 0.355 e. The molecule has 0 aliphatic rings. The highest BCUT2D eigenvalue weighted by Crippen LogP contribution is 2.03. The molecule has 1 atom stereocenters. The Hall–Kier alpha value is -0.580. The minimum Gasteiger partial charge on any atom is -0.355 e. The Labute approximate surface area is 93.2 Å². The summed E-state index contributed by atoms with van der Waals surface area (Å²) in [6.45, 7) is 6.73. The van der Waals surface area contributed by atoms with Gasteiger partial charge in [-0.2, -0.15) is 0 Å². The van der Waals surface area contributed by atoms with E-state index in [9.17, 15) is 9.59 Å². The van der Waals surface area contributed by atoms with Crippen molar-refractivity contribution in [2.24, 2.45) is 0 Å². The monoisotopic (exact) mass is 264 g/mol. The first kappa shape index (κ1) is 13.4. The van der Waals surface area contributed by atoms with Gasteiger partial charge in [0.05, 0.1) is 11.4 Å². The number of carbonyl (C=O) groups is 2. The molecule has 0 bridgehead atoms. The van der Waals surface area contributed by atoms with E-state index < -0.39 is 0 Å². The van der Waals surface area contributed by atoms with Gasteiger partial charge in [-0.25, -0.2) is 0 Å². The van der Waals surface area contributed by atoms with E-state index in [1.165, 1.54) is 4.90 Å². The van der Waals surface area contributed by atoms with Gasteiger partial charge in [0.2, 0.25) is 11.8 Å². The molecule has 1 N–H and O–H groups in total. The summed E-state index contributed by atoms with van der Waals surface area (Å²) in [4.78, 5) is 24.0. The minimum atomic E-state index is -0.239. The molecule has 0 spiro atoms. The highest BCUT2D eigenvalue weighted by molar-refractivity contribution is 9.10. The van der Waals surface area contributed by atoms with Crippen LogP contribution >= 0.6 is 15.9 Å². The second kappa shape index (κ2) is 6.81. The molecule has 0 radical (unpaired) electrons. The summed E-state index contributed by atoms with van der Waals surface area (Å²) in [5.41, 5.74) is 0. The van der Waals surface area contributed by atoms with Crippen molar-refractivity contribution in [3.05, 3.63) is 0 Å². The molecule has 82 valence electrons. The van der Waals surface area contributed by atoms with Gasteiger partial charge in [0.25, 0.3) is 0 Å². The lowest BCUT2D eigenvalue weighted by Crippen LogP contribution is -2.42. The Morgan fingerprint density at radius 1 is 1.43 bits per heavy atom. The van der Waals surface area contributed by atoms with Gasteiger partial charge in [-0.05, 0) is 20.8 Å². The lowest BCUT2D eigenvalue weighted by atomic mass is 10.3. The topological polar surface area (TPSA) is 49.4 Å². The fourth-order valence-electron chi connectivity index (χ4n) is 1.02. The number of amides is 2. The molecule has 0 aromatic rings. The van der Waals surface area contributed by atoms with E-state index in [-0.39, 0.29) is 23.2 Å². The van der Waals surface area contributed by atoms with E-state index in [1.807, 2.05) is 13.8 Å². The van der Waals surface area contributed by atoms with Gasteiger partial charge in [-0.1, -0.05) is 15.9 Å². The first-order valence-corrected chi connectivity index (χ1v) is 5.64. The minimum absolute atomic E-state index is 0.0567. The summed E-state index contributed by atoms with van der Waals surface area (Å²) in [7, 11) is 0. The molecule has 0 rings (SSSR count). The number of hydrogen-bond acceptors (Lipinski definition) is 2. The molecule has 2 amide bonds. The third-order valence-electron chi connectivity index (χ3n) is 1.74. The van der Waals surface area contributed by atoms with Crippen LogP contribution in [0.5, 0.6) is 0 Å². The van der Waals surface area contributed by atoms with Crippen LogP contribution in [0.1, 0.15) is 20.8 Å². The van der Waals surface area contributed by atoms with E-state index in [0.29, 0.717) is 13.1 Å². The van der Waals surface area contributed by atoms with Gasteiger partial charge >= 0.3 is 0 Å². The molecule has 0 fully saturated rings. The number of hydrogen-bond donors (Lipinski definition) is 1. The Bertz CT molecular complexity index is 207. The van der Waals surface area contributed by atoms with Crippen molar-refractivity contribution in [3.8, 4) is 0 Å². The molecule has 14 heavy (non-hydrogen) atoms. The molecule has 4 nitrogen and oxygen atoms in total. The van der Waals surface area contributed by atoms with Crippen LogP contribution in [0.25, 0.3) is 0 Å². The predicted molar refractivity (Wildman–Crippen MR) is 59.3 cm³/mol. The molecule has 0 aliphatic carbocycles. The number of alkyl halides is 1. The third kappa shape index (κ3) is 4.60. The molecule has 0 saturated heterocycles. The molecule has 0 heterocycles. The summed E-state index contributed by atoms with van der Waals surface area (Å²) in [5, 5.41) is 2.66. The number of likely N-dealkylation sites (N-methyl/N-ethyl adjacent to an activating group) is 2. The van der Waals surface area contributed by atoms with Gasteiger partial charge < -0.3 is 10.2 Å². The predicted octanol–water partition coefficient (Wildman–Crippen LogP) is 0.754. The van der Waals surface area contributed by atoms with Crippen molar-refractivity contribution in [1.29, 1.82) is 0 Å². The zero-order chi connectivity index (χ0) is 11.1. The smallest absolute Gasteiger partial charge is 0.239 e. The van der Waals surface area contributed by atoms with E-state index in [1.54, 1.807) is 6.92 Å². The molecule has 0 aromatic carbocycles. The van der Waals surface area contributed by atoms with Crippen molar-refractivity contribution < 1.29 is 9.59 Å². The number of rotatable bonds is 5. The summed E-state index contributed by atoms with van der Waals surface area (Å²) >= 11 is 3.19. The van der Waals surface area contributed by atoms with Crippen molar-refractivity contribution in [1.82, 2.24) is 10.2 Å². The Morgan fingerprint density at radius 3 is 2.36 bits per heavy atom. The zero-order valence-corrected chi connectivity index (χ0v) is 10.4. The first-order valence-electron chi connectivity index (χ1n) is 4.72. The van der Waals surface area contributed by atoms with Crippen LogP contribution < -0.4 is 5.32 Å². The highest BCUT2D eigenvalue weighted by Gasteiger charge is 2.18. The molecule has 0 aromatic heterocycles. The maximum absolute atomic E-state index is 11.5. The fourth-order valence-corrected chi connectivity index (χ4v) is 1.31. The van der Waals surface area contributed by atoms with Gasteiger partial charge in [0.15, 0.2) is 0 Å². The summed E-state index contributed by atoms with van der Waals surface area (Å²) in [6.07, 6.45) is 0. The average Bonchev–Trinajstić information content (AvgIpc) is 2.13. The van der Waals surface area contributed by atoms with Gasteiger partial charge in [0.1, 0.15) is 0 Å². The van der Waals surface area contributed by atoms with Crippen molar-refractivity contribution in [2.45, 2.75) is 25.6 Å². The van der Waals surface area contributed by atoms with Crippen LogP contribution in [0.2, 0.25) is 0 Å². The fraction of sp³-hybridized carbons (Fsp3) is 0.778. The molecular formula is C9H17BrN2O2. The number of halogens is 1. The number of carbonyl (C=O) groups excluding carboxylic acids is 2. The maximum atomic E-state index is 11.5. The van der Waals surface area contributed by atoms with Gasteiger partial charge in [0, 0.05) is 13.1 Å². The average molecular weight is 265 g/mol. The van der Waals surface area contributed by atoms with Crippen molar-refractivity contribution in [3.63, 3.8) is 0 Å². The lowest BCUT2D eigenvalue weighted by Gasteiger charge is -2.21. The Kier molecular flexibility index (Phi) is 6.53. The van der Waals surface area contributed by atoms with Crippen molar-refractivity contribution in [2.75, 3.05) is 19.6 Å². The Balaban J connectivity index is 4.15. The first-order chi connectivity index (χ1) is 6.52. The maximum Gasteiger partial charge on any atom is 0.239 e. The quantitative estimate of drug-likeness (QED) is 0.746. The molecule has 5 heteroatoms. The van der Waals surface area contributed by atoms with Crippen molar-refractivity contribution >= 4 is 27.7 Å². The Morgan fingerprint density at radius 2 is 2.00 bits per heavy atom. The lowest BCUT2D eigenvalue weighted by molar-refractivity contribution is -0.135. The molecule has 0 aliphatic heterocycles. The van der Waals surface area contributed by atoms with Crippen LogP contribution in [0.15, 0.2) is 0 Å². The summed E-state index contributed by atoms with van der Waals surface area (Å²) in [5.74, 6) is -0.172. The molecule has 0 saturated carbocycles. The third-order valence-corrected chi connectivity index (χ3v) is 2.13. The zero-order valence-electron chi connectivity index (χ0n) is 8.84. The highest BCUT2D eigenvalue weighted by atomic mass is 79.9. The van der Waals surface area contributed by atoms with Crippen LogP contribution in [0.4, 0.5) is 0 Å². The summed E-state index contributed by atoms with van der Waals surface area (Å²) < 4.78 is 0. The van der Waals surface area contributed by atoms with Gasteiger partial charge in [-0.15, -0.1) is 0 Å².